The topological polar surface area (TPSA) is 108 Å². The Balaban J connectivity index is 1.52. The highest BCUT2D eigenvalue weighted by molar-refractivity contribution is 6.00. The van der Waals surface area contributed by atoms with E-state index in [1.165, 1.54) is 24.3 Å². The summed E-state index contributed by atoms with van der Waals surface area (Å²) in [5.74, 6) is -3.73. The van der Waals surface area contributed by atoms with E-state index in [0.29, 0.717) is 6.07 Å². The number of nitrogens with one attached hydrogen (secondary N) is 1. The van der Waals surface area contributed by atoms with Crippen molar-refractivity contribution >= 4 is 23.5 Å². The average Bonchev–Trinajstić information content (AvgIpc) is 2.97. The van der Waals surface area contributed by atoms with Crippen LogP contribution in [0.25, 0.3) is 0 Å². The number of carbonyl (C=O) groups excluding carboxylic acids is 3. The number of hydrogen-bond acceptors (Lipinski definition) is 6. The van der Waals surface area contributed by atoms with Crippen molar-refractivity contribution in [3.05, 3.63) is 137 Å². The second kappa shape index (κ2) is 13.3. The van der Waals surface area contributed by atoms with E-state index in [1.807, 2.05) is 12.1 Å². The molecule has 0 radical (unpaired) electrons. The van der Waals surface area contributed by atoms with Gasteiger partial charge in [0.1, 0.15) is 24.8 Å². The first-order valence-corrected chi connectivity index (χ1v) is 12.4. The predicted octanol–water partition coefficient (Wildman–Crippen LogP) is 5.19. The van der Waals surface area contributed by atoms with Gasteiger partial charge in [0.25, 0.3) is 0 Å². The summed E-state index contributed by atoms with van der Waals surface area (Å²) >= 11 is 0. The monoisotopic (exact) mass is 544 g/mol. The second-order valence-corrected chi connectivity index (χ2v) is 8.96. The van der Waals surface area contributed by atoms with Crippen LogP contribution in [0.4, 0.5) is 14.5 Å². The number of anilines is 1. The van der Waals surface area contributed by atoms with Crippen molar-refractivity contribution < 1.29 is 32.6 Å². The van der Waals surface area contributed by atoms with Crippen LogP contribution in [0.1, 0.15) is 37.4 Å². The largest absolute Gasteiger partial charge is 0.457 e. The van der Waals surface area contributed by atoms with Crippen LogP contribution in [0.2, 0.25) is 0 Å². The Morgan fingerprint density at radius 3 is 1.75 bits per heavy atom. The number of nitrogens with two attached hydrogens (primary N) is 1. The molecular weight excluding hydrogens is 518 g/mol. The van der Waals surface area contributed by atoms with Crippen molar-refractivity contribution in [2.24, 2.45) is 5.73 Å². The predicted molar refractivity (Wildman–Crippen MR) is 144 cm³/mol. The molecular formula is C31H26F2N2O5. The van der Waals surface area contributed by atoms with Crippen LogP contribution >= 0.6 is 0 Å². The van der Waals surface area contributed by atoms with Crippen molar-refractivity contribution in [1.29, 1.82) is 0 Å². The van der Waals surface area contributed by atoms with Crippen molar-refractivity contribution in [3.63, 3.8) is 0 Å². The highest BCUT2D eigenvalue weighted by Crippen LogP contribution is 2.20. The van der Waals surface area contributed by atoms with Crippen LogP contribution in [0.15, 0.2) is 97.1 Å². The van der Waals surface area contributed by atoms with E-state index in [0.717, 1.165) is 17.2 Å². The third-order valence-electron chi connectivity index (χ3n) is 5.89. The van der Waals surface area contributed by atoms with Crippen LogP contribution in [0.5, 0.6) is 0 Å². The zero-order valence-corrected chi connectivity index (χ0v) is 21.3. The van der Waals surface area contributed by atoms with Crippen molar-refractivity contribution in [3.8, 4) is 0 Å². The van der Waals surface area contributed by atoms with Gasteiger partial charge in [-0.1, -0.05) is 66.7 Å². The Morgan fingerprint density at radius 1 is 0.725 bits per heavy atom. The fourth-order valence-corrected chi connectivity index (χ4v) is 3.80. The van der Waals surface area contributed by atoms with Crippen LogP contribution in [-0.4, -0.2) is 23.9 Å². The molecule has 4 aromatic carbocycles. The second-order valence-electron chi connectivity index (χ2n) is 8.96. The fraction of sp³-hybridized carbons (Fsp3) is 0.129. The Labute approximate surface area is 229 Å². The van der Waals surface area contributed by atoms with Crippen LogP contribution in [0.3, 0.4) is 0 Å². The maximum atomic E-state index is 14.0. The summed E-state index contributed by atoms with van der Waals surface area (Å²) in [6, 6.07) is 23.8. The van der Waals surface area contributed by atoms with Gasteiger partial charge >= 0.3 is 11.9 Å². The highest BCUT2D eigenvalue weighted by atomic mass is 19.1. The van der Waals surface area contributed by atoms with E-state index in [4.69, 9.17) is 15.2 Å². The summed E-state index contributed by atoms with van der Waals surface area (Å²) < 4.78 is 38.0. The molecule has 0 aliphatic heterocycles. The number of esters is 2. The lowest BCUT2D eigenvalue weighted by Gasteiger charge is -2.15. The third-order valence-corrected chi connectivity index (χ3v) is 5.89. The van der Waals surface area contributed by atoms with Gasteiger partial charge in [0.2, 0.25) is 5.91 Å². The van der Waals surface area contributed by atoms with Gasteiger partial charge in [-0.05, 0) is 47.4 Å². The molecule has 0 heterocycles. The average molecular weight is 545 g/mol. The van der Waals surface area contributed by atoms with Gasteiger partial charge in [-0.2, -0.15) is 0 Å². The van der Waals surface area contributed by atoms with Gasteiger partial charge in [0.15, 0.2) is 0 Å². The van der Waals surface area contributed by atoms with Gasteiger partial charge in [0.05, 0.1) is 17.2 Å². The van der Waals surface area contributed by atoms with Crippen LogP contribution in [-0.2, 0) is 33.9 Å². The molecule has 0 aromatic heterocycles. The summed E-state index contributed by atoms with van der Waals surface area (Å²) in [6.07, 6.45) is -0.206. The molecule has 1 atom stereocenters. The number of carbonyl (C=O) groups is 3. The Hall–Kier alpha value is -4.89. The molecule has 40 heavy (non-hydrogen) atoms. The molecule has 1 amide bonds. The van der Waals surface area contributed by atoms with E-state index >= 15 is 0 Å². The summed E-state index contributed by atoms with van der Waals surface area (Å²) in [4.78, 5) is 38.5. The smallest absolute Gasteiger partial charge is 0.338 e. The third kappa shape index (κ3) is 7.81. The Bertz CT molecular complexity index is 1420. The first-order chi connectivity index (χ1) is 19.3. The molecule has 0 bridgehead atoms. The molecule has 0 saturated heterocycles. The Kier molecular flexibility index (Phi) is 9.32. The van der Waals surface area contributed by atoms with Crippen LogP contribution in [0, 0.1) is 11.6 Å². The first kappa shape index (κ1) is 28.1. The number of ether oxygens (including phenoxy) is 2. The van der Waals surface area contributed by atoms with Gasteiger partial charge in [0, 0.05) is 11.8 Å². The molecule has 3 N–H and O–H groups in total. The molecule has 7 nitrogen and oxygen atoms in total. The van der Waals surface area contributed by atoms with Gasteiger partial charge < -0.3 is 20.5 Å². The molecule has 4 rings (SSSR count). The summed E-state index contributed by atoms with van der Waals surface area (Å²) in [5, 5.41) is 2.55. The highest BCUT2D eigenvalue weighted by Gasteiger charge is 2.20. The normalized spacial score (nSPS) is 11.4. The van der Waals surface area contributed by atoms with Crippen LogP contribution < -0.4 is 11.1 Å². The van der Waals surface area contributed by atoms with E-state index in [-0.39, 0.29) is 42.0 Å². The van der Waals surface area contributed by atoms with E-state index in [2.05, 4.69) is 5.32 Å². The molecule has 0 aliphatic carbocycles. The van der Waals surface area contributed by atoms with E-state index < -0.39 is 35.5 Å². The zero-order valence-electron chi connectivity index (χ0n) is 21.3. The van der Waals surface area contributed by atoms with Crippen molar-refractivity contribution in [2.45, 2.75) is 25.7 Å². The number of halogens is 2. The molecule has 0 spiro atoms. The lowest BCUT2D eigenvalue weighted by atomic mass is 10.0. The van der Waals surface area contributed by atoms with Gasteiger partial charge in [-0.25, -0.2) is 18.4 Å². The van der Waals surface area contributed by atoms with Crippen molar-refractivity contribution in [2.75, 3.05) is 5.32 Å². The molecule has 9 heteroatoms. The minimum atomic E-state index is -1.21. The maximum absolute atomic E-state index is 14.0. The van der Waals surface area contributed by atoms with E-state index in [9.17, 15) is 23.2 Å². The molecule has 0 saturated carbocycles. The quantitative estimate of drug-likeness (QED) is 0.266. The first-order valence-electron chi connectivity index (χ1n) is 12.4. The number of benzene rings is 4. The minimum absolute atomic E-state index is 0.00135. The number of hydrogen-bond donors (Lipinski definition) is 2. The number of rotatable bonds is 10. The molecule has 0 aliphatic rings. The van der Waals surface area contributed by atoms with Gasteiger partial charge in [-0.15, -0.1) is 0 Å². The fourth-order valence-electron chi connectivity index (χ4n) is 3.80. The van der Waals surface area contributed by atoms with Gasteiger partial charge in [-0.3, -0.25) is 4.79 Å². The summed E-state index contributed by atoms with van der Waals surface area (Å²) in [7, 11) is 0. The zero-order chi connectivity index (χ0) is 28.5. The maximum Gasteiger partial charge on any atom is 0.338 e. The molecule has 0 unspecified atom stereocenters. The standard InChI is InChI=1S/C31H26F2N2O5/c32-25-12-11-22(27(33)17-25)16-28(34)29(36)35-26-14-23(30(37)39-18-20-7-3-1-4-8-20)13-24(15-26)31(38)40-19-21-9-5-2-6-10-21/h1-15,17,28H,16,18-19,34H2,(H,35,36)/t28-/m1/s1. The molecule has 0 fully saturated rings. The molecule has 204 valence electrons. The number of amides is 1. The minimum Gasteiger partial charge on any atom is -0.457 e. The molecule has 4 aromatic rings. The van der Waals surface area contributed by atoms with E-state index in [1.54, 1.807) is 48.5 Å². The lowest BCUT2D eigenvalue weighted by Crippen LogP contribution is -2.37. The SMILES string of the molecule is N[C@H](Cc1ccc(F)cc1F)C(=O)Nc1cc(C(=O)OCc2ccccc2)cc(C(=O)OCc2ccccc2)c1. The summed E-state index contributed by atoms with van der Waals surface area (Å²) in [6.45, 7) is -0.00366. The Morgan fingerprint density at radius 2 is 1.25 bits per heavy atom. The van der Waals surface area contributed by atoms with Crippen molar-refractivity contribution in [1.82, 2.24) is 0 Å². The lowest BCUT2D eigenvalue weighted by molar-refractivity contribution is -0.117. The summed E-state index contributed by atoms with van der Waals surface area (Å²) in [5.41, 5.74) is 7.64.